The minimum Gasteiger partial charge on any atom is -0.496 e. The summed E-state index contributed by atoms with van der Waals surface area (Å²) in [5, 5.41) is -0.0149. The van der Waals surface area contributed by atoms with Crippen LogP contribution in [0.15, 0.2) is 30.5 Å². The molecule has 1 aliphatic rings. The highest BCUT2D eigenvalue weighted by Gasteiger charge is 2.35. The Morgan fingerprint density at radius 2 is 1.97 bits per heavy atom. The number of methoxy groups -OCH3 is 2. The van der Waals surface area contributed by atoms with Crippen molar-refractivity contribution in [2.45, 2.75) is 44.5 Å². The van der Waals surface area contributed by atoms with Crippen molar-refractivity contribution < 1.29 is 27.8 Å². The van der Waals surface area contributed by atoms with Gasteiger partial charge in [-0.25, -0.2) is 4.98 Å². The second-order valence-corrected chi connectivity index (χ2v) is 7.31. The number of alkyl halides is 2. The Balaban J connectivity index is 1.96. The highest BCUT2D eigenvalue weighted by molar-refractivity contribution is 6.31. The molecule has 0 aliphatic carbocycles. The molecule has 2 heterocycles. The van der Waals surface area contributed by atoms with Crippen molar-refractivity contribution >= 4 is 17.9 Å². The van der Waals surface area contributed by atoms with Gasteiger partial charge in [-0.2, -0.15) is 8.78 Å². The molecule has 6 nitrogen and oxygen atoms in total. The van der Waals surface area contributed by atoms with E-state index in [4.69, 9.17) is 21.1 Å². The van der Waals surface area contributed by atoms with Crippen LogP contribution in [0.25, 0.3) is 0 Å². The summed E-state index contributed by atoms with van der Waals surface area (Å²) in [6.45, 7) is -2.67. The van der Waals surface area contributed by atoms with Crippen LogP contribution in [0.4, 0.5) is 8.78 Å². The molecule has 2 unspecified atom stereocenters. The molecular weight excluding hydrogens is 418 g/mol. The fraction of sp³-hybridized carbons (Fsp3) is 0.429. The van der Waals surface area contributed by atoms with Crippen LogP contribution in [0, 0.1) is 0 Å². The summed E-state index contributed by atoms with van der Waals surface area (Å²) in [6.07, 6.45) is 4.74. The minimum atomic E-state index is -3.01. The van der Waals surface area contributed by atoms with Crippen molar-refractivity contribution in [1.82, 2.24) is 9.88 Å². The number of aldehydes is 1. The summed E-state index contributed by atoms with van der Waals surface area (Å²) < 4.78 is 40.4. The van der Waals surface area contributed by atoms with Crippen molar-refractivity contribution in [3.05, 3.63) is 46.6 Å². The lowest BCUT2D eigenvalue weighted by molar-refractivity contribution is -0.115. The number of carbonyl (C=O) groups excluding carboxylic acids is 1. The number of aromatic nitrogens is 1. The summed E-state index contributed by atoms with van der Waals surface area (Å²) in [4.78, 5) is 17.8. The Hall–Kier alpha value is -2.45. The van der Waals surface area contributed by atoms with Crippen molar-refractivity contribution in [1.29, 1.82) is 0 Å². The zero-order chi connectivity index (χ0) is 21.7. The normalized spacial score (nSPS) is 19.5. The molecule has 2 aromatic rings. The second kappa shape index (κ2) is 10.0. The van der Waals surface area contributed by atoms with E-state index < -0.39 is 6.61 Å². The monoisotopic (exact) mass is 440 g/mol. The topological polar surface area (TPSA) is 60.9 Å². The van der Waals surface area contributed by atoms with Crippen LogP contribution < -0.4 is 14.2 Å². The molecule has 1 saturated heterocycles. The number of hydrogen-bond acceptors (Lipinski definition) is 6. The Morgan fingerprint density at radius 3 is 2.53 bits per heavy atom. The maximum atomic E-state index is 12.5. The Bertz CT molecular complexity index is 862. The predicted molar refractivity (Wildman–Crippen MR) is 107 cm³/mol. The number of nitrogens with zero attached hydrogens (tertiary/aromatic N) is 2. The molecule has 9 heteroatoms. The quantitative estimate of drug-likeness (QED) is 0.557. The largest absolute Gasteiger partial charge is 0.496 e. The SMILES string of the molecule is COc1cccc(OC)c1C1CCCC(C=O)N1Cc1cnc(OC(F)F)c(Cl)c1. The lowest BCUT2D eigenvalue weighted by atomic mass is 9.89. The first-order chi connectivity index (χ1) is 14.5. The van der Waals surface area contributed by atoms with Crippen molar-refractivity contribution in [3.8, 4) is 17.4 Å². The molecule has 3 rings (SSSR count). The van der Waals surface area contributed by atoms with Gasteiger partial charge in [0, 0.05) is 18.8 Å². The van der Waals surface area contributed by atoms with Crippen LogP contribution >= 0.6 is 11.6 Å². The summed E-state index contributed by atoms with van der Waals surface area (Å²) in [7, 11) is 3.18. The van der Waals surface area contributed by atoms with E-state index in [0.717, 1.165) is 24.7 Å². The standard InChI is InChI=1S/C21H23ClF2N2O4/c1-28-17-7-4-8-18(29-2)19(17)16-6-3-5-14(12-27)26(16)11-13-9-15(22)20(25-10-13)30-21(23)24/h4,7-10,12,14,16,21H,3,5-6,11H2,1-2H3. The zero-order valence-electron chi connectivity index (χ0n) is 16.7. The van der Waals surface area contributed by atoms with Gasteiger partial charge in [-0.3, -0.25) is 4.90 Å². The Morgan fingerprint density at radius 1 is 1.27 bits per heavy atom. The number of halogens is 3. The number of rotatable bonds is 8. The molecule has 162 valence electrons. The molecule has 0 amide bonds. The van der Waals surface area contributed by atoms with Gasteiger partial charge in [-0.15, -0.1) is 0 Å². The van der Waals surface area contributed by atoms with Gasteiger partial charge in [0.05, 0.1) is 25.8 Å². The molecule has 1 aliphatic heterocycles. The lowest BCUT2D eigenvalue weighted by Crippen LogP contribution is -2.42. The third kappa shape index (κ3) is 4.82. The number of piperidine rings is 1. The van der Waals surface area contributed by atoms with Crippen LogP contribution in [0.3, 0.4) is 0 Å². The first-order valence-electron chi connectivity index (χ1n) is 9.49. The van der Waals surface area contributed by atoms with Crippen molar-refractivity contribution in [2.75, 3.05) is 14.2 Å². The van der Waals surface area contributed by atoms with Gasteiger partial charge in [0.25, 0.3) is 0 Å². The third-order valence-electron chi connectivity index (χ3n) is 5.19. The lowest BCUT2D eigenvalue weighted by Gasteiger charge is -2.41. The van der Waals surface area contributed by atoms with Gasteiger partial charge in [0.2, 0.25) is 5.88 Å². The van der Waals surface area contributed by atoms with Gasteiger partial charge >= 0.3 is 6.61 Å². The average Bonchev–Trinajstić information content (AvgIpc) is 2.75. The van der Waals surface area contributed by atoms with Crippen LogP contribution in [-0.4, -0.2) is 43.0 Å². The molecule has 0 bridgehead atoms. The van der Waals surface area contributed by atoms with Crippen LogP contribution in [0.1, 0.15) is 36.4 Å². The second-order valence-electron chi connectivity index (χ2n) is 6.91. The van der Waals surface area contributed by atoms with Gasteiger partial charge < -0.3 is 19.0 Å². The first-order valence-corrected chi connectivity index (χ1v) is 9.87. The molecule has 1 aromatic carbocycles. The van der Waals surface area contributed by atoms with E-state index in [9.17, 15) is 13.6 Å². The molecule has 1 aromatic heterocycles. The summed E-state index contributed by atoms with van der Waals surface area (Å²) >= 11 is 6.06. The van der Waals surface area contributed by atoms with Crippen molar-refractivity contribution in [2.24, 2.45) is 0 Å². The molecule has 0 spiro atoms. The van der Waals surface area contributed by atoms with E-state index in [-0.39, 0.29) is 23.0 Å². The molecule has 0 saturated carbocycles. The van der Waals surface area contributed by atoms with Crippen LogP contribution in [0.5, 0.6) is 17.4 Å². The van der Waals surface area contributed by atoms with Crippen LogP contribution in [0.2, 0.25) is 5.02 Å². The van der Waals surface area contributed by atoms with E-state index >= 15 is 0 Å². The smallest absolute Gasteiger partial charge is 0.388 e. The number of carbonyl (C=O) groups is 1. The van der Waals surface area contributed by atoms with Gasteiger partial charge in [0.1, 0.15) is 22.8 Å². The van der Waals surface area contributed by atoms with E-state index in [2.05, 4.69) is 9.72 Å². The summed E-state index contributed by atoms with van der Waals surface area (Å²) in [5.74, 6) is 1.02. The fourth-order valence-electron chi connectivity index (χ4n) is 3.91. The third-order valence-corrected chi connectivity index (χ3v) is 5.46. The summed E-state index contributed by atoms with van der Waals surface area (Å²) in [6, 6.07) is 6.62. The van der Waals surface area contributed by atoms with Crippen LogP contribution in [-0.2, 0) is 11.3 Å². The molecular formula is C21H23ClF2N2O4. The van der Waals surface area contributed by atoms with Gasteiger partial charge in [-0.1, -0.05) is 17.7 Å². The van der Waals surface area contributed by atoms with Gasteiger partial charge in [-0.05, 0) is 43.0 Å². The average molecular weight is 441 g/mol. The Labute approximate surface area is 178 Å². The molecule has 2 atom stereocenters. The molecule has 30 heavy (non-hydrogen) atoms. The number of benzene rings is 1. The van der Waals surface area contributed by atoms with E-state index in [0.29, 0.717) is 30.0 Å². The van der Waals surface area contributed by atoms with Crippen molar-refractivity contribution in [3.63, 3.8) is 0 Å². The zero-order valence-corrected chi connectivity index (χ0v) is 17.4. The Kier molecular flexibility index (Phi) is 7.44. The van der Waals surface area contributed by atoms with E-state index in [1.165, 1.54) is 12.3 Å². The number of pyridine rings is 1. The maximum Gasteiger partial charge on any atom is 0.388 e. The minimum absolute atomic E-state index is 0.0149. The fourth-order valence-corrected chi connectivity index (χ4v) is 4.14. The van der Waals surface area contributed by atoms with E-state index in [1.54, 1.807) is 14.2 Å². The number of likely N-dealkylation sites (tertiary alicyclic amines) is 1. The highest BCUT2D eigenvalue weighted by atomic mass is 35.5. The predicted octanol–water partition coefficient (Wildman–Crippen LogP) is 4.65. The number of hydrogen-bond donors (Lipinski definition) is 0. The summed E-state index contributed by atoms with van der Waals surface area (Å²) in [5.41, 5.74) is 1.54. The first kappa shape index (κ1) is 22.2. The highest BCUT2D eigenvalue weighted by Crippen LogP contribution is 2.43. The van der Waals surface area contributed by atoms with Gasteiger partial charge in [0.15, 0.2) is 0 Å². The maximum absolute atomic E-state index is 12.5. The van der Waals surface area contributed by atoms with E-state index in [1.807, 2.05) is 23.1 Å². The molecule has 0 N–H and O–H groups in total. The number of ether oxygens (including phenoxy) is 3. The molecule has 1 fully saturated rings. The molecule has 0 radical (unpaired) electrons.